The van der Waals surface area contributed by atoms with Crippen molar-refractivity contribution in [2.24, 2.45) is 0 Å². The molecule has 29 heavy (non-hydrogen) atoms. The highest BCUT2D eigenvalue weighted by Gasteiger charge is 2.21. The van der Waals surface area contributed by atoms with Crippen molar-refractivity contribution in [3.05, 3.63) is 59.7 Å². The zero-order chi connectivity index (χ0) is 20.9. The minimum atomic E-state index is -3.64. The Labute approximate surface area is 171 Å². The van der Waals surface area contributed by atoms with Gasteiger partial charge in [0, 0.05) is 18.8 Å². The molecule has 2 aromatic rings. The van der Waals surface area contributed by atoms with Crippen LogP contribution in [0.5, 0.6) is 0 Å². The molecule has 0 fully saturated rings. The van der Waals surface area contributed by atoms with Crippen molar-refractivity contribution in [1.29, 1.82) is 0 Å². The molecule has 0 spiro atoms. The molecule has 0 heterocycles. The summed E-state index contributed by atoms with van der Waals surface area (Å²) in [7, 11) is -2.13. The van der Waals surface area contributed by atoms with E-state index < -0.39 is 10.0 Å². The maximum Gasteiger partial charge on any atom is 0.319 e. The molecule has 7 nitrogen and oxygen atoms in total. The summed E-state index contributed by atoms with van der Waals surface area (Å²) in [5, 5.41) is 5.79. The third kappa shape index (κ3) is 5.56. The number of benzene rings is 2. The minimum absolute atomic E-state index is 0.0222. The molecular weight excluding hydrogens is 390 g/mol. The Balaban J connectivity index is 1.61. The summed E-state index contributed by atoms with van der Waals surface area (Å²) in [5.41, 5.74) is 2.95. The molecule has 0 radical (unpaired) electrons. The SMILES string of the molecule is COC[C@H](C)NS(=O)(=O)c1ccc(NC(=O)N[C@H]2CCCc3ccccc32)cc1. The fraction of sp³-hybridized carbons (Fsp3) is 0.381. The summed E-state index contributed by atoms with van der Waals surface area (Å²) in [6.07, 6.45) is 2.96. The van der Waals surface area contributed by atoms with E-state index in [0.29, 0.717) is 5.69 Å². The van der Waals surface area contributed by atoms with Gasteiger partial charge in [-0.25, -0.2) is 17.9 Å². The van der Waals surface area contributed by atoms with Crippen molar-refractivity contribution in [2.45, 2.75) is 43.2 Å². The summed E-state index contributed by atoms with van der Waals surface area (Å²) in [4.78, 5) is 12.6. The summed E-state index contributed by atoms with van der Waals surface area (Å²) < 4.78 is 32.2. The molecule has 0 bridgehead atoms. The number of methoxy groups -OCH3 is 1. The van der Waals surface area contributed by atoms with Gasteiger partial charge in [0.1, 0.15) is 0 Å². The first-order valence-electron chi connectivity index (χ1n) is 9.65. The van der Waals surface area contributed by atoms with Crippen molar-refractivity contribution in [3.8, 4) is 0 Å². The Kier molecular flexibility index (Phi) is 6.89. The van der Waals surface area contributed by atoms with Crippen LogP contribution < -0.4 is 15.4 Å². The minimum Gasteiger partial charge on any atom is -0.383 e. The quantitative estimate of drug-likeness (QED) is 0.645. The van der Waals surface area contributed by atoms with Crippen molar-refractivity contribution in [3.63, 3.8) is 0 Å². The van der Waals surface area contributed by atoms with Gasteiger partial charge in [-0.3, -0.25) is 0 Å². The topological polar surface area (TPSA) is 96.5 Å². The Hall–Kier alpha value is -2.42. The van der Waals surface area contributed by atoms with E-state index in [2.05, 4.69) is 27.5 Å². The fourth-order valence-electron chi connectivity index (χ4n) is 3.56. The number of sulfonamides is 1. The lowest BCUT2D eigenvalue weighted by Gasteiger charge is -2.26. The van der Waals surface area contributed by atoms with Gasteiger partial charge < -0.3 is 15.4 Å². The zero-order valence-corrected chi connectivity index (χ0v) is 17.5. The van der Waals surface area contributed by atoms with Crippen LogP contribution in [0.4, 0.5) is 10.5 Å². The van der Waals surface area contributed by atoms with E-state index in [0.717, 1.165) is 24.8 Å². The van der Waals surface area contributed by atoms with Crippen LogP contribution in [0.1, 0.15) is 36.9 Å². The summed E-state index contributed by atoms with van der Waals surface area (Å²) >= 11 is 0. The Morgan fingerprint density at radius 1 is 1.17 bits per heavy atom. The van der Waals surface area contributed by atoms with Crippen LogP contribution in [0.25, 0.3) is 0 Å². The van der Waals surface area contributed by atoms with E-state index in [1.54, 1.807) is 19.1 Å². The van der Waals surface area contributed by atoms with Crippen LogP contribution in [0.2, 0.25) is 0 Å². The number of carbonyl (C=O) groups is 1. The number of ether oxygens (including phenoxy) is 1. The highest BCUT2D eigenvalue weighted by molar-refractivity contribution is 7.89. The van der Waals surface area contributed by atoms with Crippen LogP contribution in [0.3, 0.4) is 0 Å². The first kappa shape index (κ1) is 21.3. The van der Waals surface area contributed by atoms with Gasteiger partial charge in [-0.1, -0.05) is 24.3 Å². The lowest BCUT2D eigenvalue weighted by molar-refractivity contribution is 0.180. The van der Waals surface area contributed by atoms with E-state index in [-0.39, 0.29) is 29.6 Å². The average Bonchev–Trinajstić information content (AvgIpc) is 2.68. The number of fused-ring (bicyclic) bond motifs is 1. The predicted molar refractivity (Wildman–Crippen MR) is 112 cm³/mol. The number of nitrogens with one attached hydrogen (secondary N) is 3. The third-order valence-corrected chi connectivity index (χ3v) is 6.48. The molecule has 156 valence electrons. The molecule has 2 atom stereocenters. The number of hydrogen-bond acceptors (Lipinski definition) is 4. The van der Waals surface area contributed by atoms with Gasteiger partial charge in [-0.05, 0) is 61.6 Å². The highest BCUT2D eigenvalue weighted by Crippen LogP contribution is 2.29. The predicted octanol–water partition coefficient (Wildman–Crippen LogP) is 3.20. The second-order valence-corrected chi connectivity index (χ2v) is 8.96. The zero-order valence-electron chi connectivity index (χ0n) is 16.6. The van der Waals surface area contributed by atoms with Crippen LogP contribution in [-0.2, 0) is 21.2 Å². The largest absolute Gasteiger partial charge is 0.383 e. The molecule has 0 saturated carbocycles. The van der Waals surface area contributed by atoms with Crippen molar-refractivity contribution >= 4 is 21.7 Å². The molecule has 8 heteroatoms. The van der Waals surface area contributed by atoms with Gasteiger partial charge >= 0.3 is 6.03 Å². The monoisotopic (exact) mass is 417 g/mol. The van der Waals surface area contributed by atoms with Crippen LogP contribution in [0, 0.1) is 0 Å². The molecular formula is C21H27N3O4S. The van der Waals surface area contributed by atoms with Crippen LogP contribution in [-0.4, -0.2) is 34.2 Å². The van der Waals surface area contributed by atoms with Crippen molar-refractivity contribution in [2.75, 3.05) is 19.0 Å². The number of carbonyl (C=O) groups excluding carboxylic acids is 1. The molecule has 0 aromatic heterocycles. The van der Waals surface area contributed by atoms with Crippen LogP contribution >= 0.6 is 0 Å². The van der Waals surface area contributed by atoms with Crippen molar-refractivity contribution < 1.29 is 17.9 Å². The van der Waals surface area contributed by atoms with Gasteiger partial charge in [0.15, 0.2) is 0 Å². The van der Waals surface area contributed by atoms with E-state index in [1.807, 2.05) is 12.1 Å². The Morgan fingerprint density at radius 3 is 2.62 bits per heavy atom. The fourth-order valence-corrected chi connectivity index (χ4v) is 4.79. The standard InChI is InChI=1S/C21H27N3O4S/c1-15(14-28-2)24-29(26,27)18-12-10-17(11-13-18)22-21(25)23-20-9-5-7-16-6-3-4-8-19(16)20/h3-4,6,8,10-13,15,20,24H,5,7,9,14H2,1-2H3,(H2,22,23,25)/t15-,20-/m0/s1. The van der Waals surface area contributed by atoms with Gasteiger partial charge in [0.05, 0.1) is 17.5 Å². The van der Waals surface area contributed by atoms with Gasteiger partial charge in [-0.2, -0.15) is 0 Å². The smallest absolute Gasteiger partial charge is 0.319 e. The van der Waals surface area contributed by atoms with E-state index in [9.17, 15) is 13.2 Å². The lowest BCUT2D eigenvalue weighted by atomic mass is 9.88. The van der Waals surface area contributed by atoms with Crippen molar-refractivity contribution in [1.82, 2.24) is 10.0 Å². The number of anilines is 1. The van der Waals surface area contributed by atoms with E-state index >= 15 is 0 Å². The number of aryl methyl sites for hydroxylation is 1. The summed E-state index contributed by atoms with van der Waals surface area (Å²) in [5.74, 6) is 0. The first-order valence-corrected chi connectivity index (χ1v) is 11.1. The molecule has 0 saturated heterocycles. The second kappa shape index (κ2) is 9.39. The Morgan fingerprint density at radius 2 is 1.90 bits per heavy atom. The molecule has 1 aliphatic rings. The van der Waals surface area contributed by atoms with E-state index in [4.69, 9.17) is 4.74 Å². The molecule has 3 rings (SSSR count). The average molecular weight is 418 g/mol. The molecule has 0 unspecified atom stereocenters. The maximum absolute atomic E-state index is 12.4. The lowest BCUT2D eigenvalue weighted by Crippen LogP contribution is -2.35. The maximum atomic E-state index is 12.4. The molecule has 2 amide bonds. The Bertz CT molecular complexity index is 945. The van der Waals surface area contributed by atoms with Gasteiger partial charge in [0.2, 0.25) is 10.0 Å². The number of hydrogen-bond donors (Lipinski definition) is 3. The number of amides is 2. The van der Waals surface area contributed by atoms with Gasteiger partial charge in [0.25, 0.3) is 0 Å². The molecule has 1 aliphatic carbocycles. The number of rotatable bonds is 7. The van der Waals surface area contributed by atoms with E-state index in [1.165, 1.54) is 24.8 Å². The summed E-state index contributed by atoms with van der Waals surface area (Å²) in [6, 6.07) is 13.6. The first-order chi connectivity index (χ1) is 13.9. The third-order valence-electron chi connectivity index (χ3n) is 4.87. The van der Waals surface area contributed by atoms with Crippen LogP contribution in [0.15, 0.2) is 53.4 Å². The number of urea groups is 1. The molecule has 0 aliphatic heterocycles. The molecule has 3 N–H and O–H groups in total. The molecule has 2 aromatic carbocycles. The normalized spacial score (nSPS) is 17.2. The highest BCUT2D eigenvalue weighted by atomic mass is 32.2. The summed E-state index contributed by atoms with van der Waals surface area (Å²) in [6.45, 7) is 2.01. The van der Waals surface area contributed by atoms with Gasteiger partial charge in [-0.15, -0.1) is 0 Å². The second-order valence-electron chi connectivity index (χ2n) is 7.24.